The van der Waals surface area contributed by atoms with Gasteiger partial charge in [-0.1, -0.05) is 36.4 Å². The second-order valence-corrected chi connectivity index (χ2v) is 3.83. The van der Waals surface area contributed by atoms with Crippen molar-refractivity contribution in [3.05, 3.63) is 54.9 Å². The minimum atomic E-state index is 0.283. The summed E-state index contributed by atoms with van der Waals surface area (Å²) in [7, 11) is 0. The van der Waals surface area contributed by atoms with Gasteiger partial charge in [0.1, 0.15) is 5.75 Å². The summed E-state index contributed by atoms with van der Waals surface area (Å²) in [5.74, 6) is 1.33. The Balaban J connectivity index is 2.08. The molecule has 88 valence electrons. The van der Waals surface area contributed by atoms with Crippen molar-refractivity contribution in [1.29, 1.82) is 0 Å². The highest BCUT2D eigenvalue weighted by atomic mass is 16.5. The van der Waals surface area contributed by atoms with E-state index < -0.39 is 0 Å². The Morgan fingerprint density at radius 3 is 2.56 bits per heavy atom. The molecule has 1 aromatic heterocycles. The number of anilines is 1. The van der Waals surface area contributed by atoms with Gasteiger partial charge in [0, 0.05) is 17.8 Å². The van der Waals surface area contributed by atoms with Crippen LogP contribution in [0.2, 0.25) is 0 Å². The number of nitrogens with two attached hydrogens (primary N) is 1. The fourth-order valence-electron chi connectivity index (χ4n) is 1.80. The minimum absolute atomic E-state index is 0.283. The Hall–Kier alpha value is -2.62. The van der Waals surface area contributed by atoms with Crippen molar-refractivity contribution in [3.63, 3.8) is 0 Å². The lowest BCUT2D eigenvalue weighted by atomic mass is 10.1. The van der Waals surface area contributed by atoms with Gasteiger partial charge >= 0.3 is 0 Å². The average molecular weight is 237 g/mol. The lowest BCUT2D eigenvalue weighted by molar-refractivity contribution is 0.468. The standard InChI is InChI=1S/C14H11N3O/c15-13-14(17-9-8-16-13)18-12-7-3-5-10-4-1-2-6-11(10)12/h1-9H,(H2,15,16). The topological polar surface area (TPSA) is 61.0 Å². The van der Waals surface area contributed by atoms with Crippen molar-refractivity contribution in [2.24, 2.45) is 0 Å². The third-order valence-electron chi connectivity index (χ3n) is 2.65. The Morgan fingerprint density at radius 2 is 1.67 bits per heavy atom. The van der Waals surface area contributed by atoms with E-state index in [2.05, 4.69) is 9.97 Å². The molecule has 4 heteroatoms. The first-order valence-corrected chi connectivity index (χ1v) is 5.57. The predicted octanol–water partition coefficient (Wildman–Crippen LogP) is 3.00. The number of benzene rings is 2. The summed E-state index contributed by atoms with van der Waals surface area (Å²) in [6.45, 7) is 0. The number of aromatic nitrogens is 2. The van der Waals surface area contributed by atoms with E-state index >= 15 is 0 Å². The van der Waals surface area contributed by atoms with Crippen molar-refractivity contribution < 1.29 is 4.74 Å². The maximum absolute atomic E-state index is 5.72. The summed E-state index contributed by atoms with van der Waals surface area (Å²) in [5.41, 5.74) is 5.71. The molecule has 0 radical (unpaired) electrons. The van der Waals surface area contributed by atoms with E-state index in [9.17, 15) is 0 Å². The maximum Gasteiger partial charge on any atom is 0.262 e. The summed E-state index contributed by atoms with van der Waals surface area (Å²) in [5, 5.41) is 2.13. The summed E-state index contributed by atoms with van der Waals surface area (Å²) in [4.78, 5) is 8.02. The van der Waals surface area contributed by atoms with Crippen LogP contribution in [0.25, 0.3) is 10.8 Å². The zero-order chi connectivity index (χ0) is 12.4. The summed E-state index contributed by atoms with van der Waals surface area (Å²) in [6, 6.07) is 13.8. The highest BCUT2D eigenvalue weighted by molar-refractivity contribution is 5.88. The van der Waals surface area contributed by atoms with Crippen LogP contribution >= 0.6 is 0 Å². The zero-order valence-electron chi connectivity index (χ0n) is 9.58. The first-order valence-electron chi connectivity index (χ1n) is 5.57. The van der Waals surface area contributed by atoms with E-state index in [-0.39, 0.29) is 5.82 Å². The Labute approximate surface area is 104 Å². The SMILES string of the molecule is Nc1nccnc1Oc1cccc2ccccc12. The third-order valence-corrected chi connectivity index (χ3v) is 2.65. The molecule has 0 atom stereocenters. The molecule has 0 aliphatic rings. The number of fused-ring (bicyclic) bond motifs is 1. The fraction of sp³-hybridized carbons (Fsp3) is 0. The van der Waals surface area contributed by atoms with Crippen LogP contribution in [0.5, 0.6) is 11.6 Å². The molecule has 1 heterocycles. The molecule has 2 N–H and O–H groups in total. The van der Waals surface area contributed by atoms with Crippen molar-refractivity contribution in [1.82, 2.24) is 9.97 Å². The largest absolute Gasteiger partial charge is 0.435 e. The van der Waals surface area contributed by atoms with Gasteiger partial charge in [-0.2, -0.15) is 0 Å². The van der Waals surface area contributed by atoms with E-state index in [0.717, 1.165) is 16.5 Å². The molecular formula is C14H11N3O. The molecule has 0 unspecified atom stereocenters. The van der Waals surface area contributed by atoms with Crippen LogP contribution in [-0.4, -0.2) is 9.97 Å². The Kier molecular flexibility index (Phi) is 2.53. The summed E-state index contributed by atoms with van der Waals surface area (Å²) < 4.78 is 5.72. The van der Waals surface area contributed by atoms with E-state index in [0.29, 0.717) is 5.88 Å². The molecule has 2 aromatic carbocycles. The number of nitrogen functional groups attached to an aromatic ring is 1. The summed E-state index contributed by atoms with van der Waals surface area (Å²) >= 11 is 0. The summed E-state index contributed by atoms with van der Waals surface area (Å²) in [6.07, 6.45) is 3.09. The number of hydrogen-bond acceptors (Lipinski definition) is 4. The van der Waals surface area contributed by atoms with Gasteiger partial charge in [0.05, 0.1) is 0 Å². The third kappa shape index (κ3) is 1.84. The van der Waals surface area contributed by atoms with Gasteiger partial charge in [-0.3, -0.25) is 0 Å². The second-order valence-electron chi connectivity index (χ2n) is 3.83. The van der Waals surface area contributed by atoms with E-state index in [1.165, 1.54) is 6.20 Å². The molecule has 3 aromatic rings. The van der Waals surface area contributed by atoms with Crippen molar-refractivity contribution in [2.75, 3.05) is 5.73 Å². The number of hydrogen-bond donors (Lipinski definition) is 1. The average Bonchev–Trinajstić information content (AvgIpc) is 2.42. The predicted molar refractivity (Wildman–Crippen MR) is 70.5 cm³/mol. The lowest BCUT2D eigenvalue weighted by Crippen LogP contribution is -1.97. The molecule has 0 saturated carbocycles. The minimum Gasteiger partial charge on any atom is -0.435 e. The van der Waals surface area contributed by atoms with E-state index in [4.69, 9.17) is 10.5 Å². The molecule has 0 aliphatic carbocycles. The fourth-order valence-corrected chi connectivity index (χ4v) is 1.80. The monoisotopic (exact) mass is 237 g/mol. The smallest absolute Gasteiger partial charge is 0.262 e. The molecule has 0 bridgehead atoms. The van der Waals surface area contributed by atoms with E-state index in [1.54, 1.807) is 6.20 Å². The van der Waals surface area contributed by atoms with Gasteiger partial charge in [-0.15, -0.1) is 0 Å². The van der Waals surface area contributed by atoms with Crippen molar-refractivity contribution in [3.8, 4) is 11.6 Å². The molecule has 18 heavy (non-hydrogen) atoms. The molecule has 3 rings (SSSR count). The van der Waals surface area contributed by atoms with Crippen LogP contribution in [-0.2, 0) is 0 Å². The molecule has 0 spiro atoms. The van der Waals surface area contributed by atoms with Crippen LogP contribution in [0.4, 0.5) is 5.82 Å². The molecular weight excluding hydrogens is 226 g/mol. The van der Waals surface area contributed by atoms with Gasteiger partial charge < -0.3 is 10.5 Å². The normalized spacial score (nSPS) is 10.4. The highest BCUT2D eigenvalue weighted by Gasteiger charge is 2.06. The first-order chi connectivity index (χ1) is 8.84. The van der Waals surface area contributed by atoms with Gasteiger partial charge in [0.25, 0.3) is 5.88 Å². The van der Waals surface area contributed by atoms with E-state index in [1.807, 2.05) is 42.5 Å². The molecule has 0 amide bonds. The first kappa shape index (κ1) is 10.5. The molecule has 0 aliphatic heterocycles. The number of ether oxygens (including phenoxy) is 1. The Bertz CT molecular complexity index is 692. The van der Waals surface area contributed by atoms with Gasteiger partial charge in [-0.05, 0) is 11.5 Å². The Morgan fingerprint density at radius 1 is 0.889 bits per heavy atom. The van der Waals surface area contributed by atoms with Crippen LogP contribution in [0.15, 0.2) is 54.9 Å². The van der Waals surface area contributed by atoms with Crippen molar-refractivity contribution >= 4 is 16.6 Å². The maximum atomic E-state index is 5.72. The lowest BCUT2D eigenvalue weighted by Gasteiger charge is -2.08. The number of nitrogens with zero attached hydrogens (tertiary/aromatic N) is 2. The number of rotatable bonds is 2. The van der Waals surface area contributed by atoms with Crippen LogP contribution in [0, 0.1) is 0 Å². The molecule has 4 nitrogen and oxygen atoms in total. The molecule has 0 saturated heterocycles. The molecule has 0 fully saturated rings. The highest BCUT2D eigenvalue weighted by Crippen LogP contribution is 2.30. The second kappa shape index (κ2) is 4.33. The van der Waals surface area contributed by atoms with Crippen LogP contribution in [0.1, 0.15) is 0 Å². The van der Waals surface area contributed by atoms with Gasteiger partial charge in [0.15, 0.2) is 5.82 Å². The quantitative estimate of drug-likeness (QED) is 0.744. The van der Waals surface area contributed by atoms with Crippen molar-refractivity contribution in [2.45, 2.75) is 0 Å². The van der Waals surface area contributed by atoms with Gasteiger partial charge in [0.2, 0.25) is 0 Å². The van der Waals surface area contributed by atoms with Gasteiger partial charge in [-0.25, -0.2) is 9.97 Å². The van der Waals surface area contributed by atoms with Crippen LogP contribution < -0.4 is 10.5 Å². The van der Waals surface area contributed by atoms with Crippen LogP contribution in [0.3, 0.4) is 0 Å². The zero-order valence-corrected chi connectivity index (χ0v) is 9.58.